The van der Waals surface area contributed by atoms with Gasteiger partial charge in [-0.05, 0) is 44.7 Å². The van der Waals surface area contributed by atoms with Crippen molar-refractivity contribution in [2.45, 2.75) is 83.8 Å². The van der Waals surface area contributed by atoms with Gasteiger partial charge >= 0.3 is 0 Å². The van der Waals surface area contributed by atoms with E-state index in [1.165, 1.54) is 31.2 Å². The first-order chi connectivity index (χ1) is 13.0. The number of benzene rings is 1. The van der Waals surface area contributed by atoms with Crippen molar-refractivity contribution in [3.05, 3.63) is 41.6 Å². The monoisotopic (exact) mass is 365 g/mol. The third kappa shape index (κ3) is 3.42. The molecule has 0 atom stereocenters. The van der Waals surface area contributed by atoms with Crippen molar-refractivity contribution in [3.63, 3.8) is 0 Å². The molecule has 1 aliphatic carbocycles. The quantitative estimate of drug-likeness (QED) is 0.712. The number of carbonyl (C=O) groups is 1. The summed E-state index contributed by atoms with van der Waals surface area (Å²) < 4.78 is 1.93. The highest BCUT2D eigenvalue weighted by atomic mass is 16.2. The standard InChI is InChI=1S/C23H31N3O/c1-4-17-11-13-18(14-12-17)20-15-21-22(27)26(19-9-7-5-6-8-10-19)23(2,3)16-25(21)24-20/h11-15,19H,4-10,16H2,1-3H3. The lowest BCUT2D eigenvalue weighted by Gasteiger charge is -2.46. The summed E-state index contributed by atoms with van der Waals surface area (Å²) in [5.41, 5.74) is 3.85. The maximum Gasteiger partial charge on any atom is 0.272 e. The highest BCUT2D eigenvalue weighted by molar-refractivity contribution is 5.95. The fourth-order valence-electron chi connectivity index (χ4n) is 4.78. The highest BCUT2D eigenvalue weighted by Gasteiger charge is 2.42. The van der Waals surface area contributed by atoms with Crippen molar-refractivity contribution >= 4 is 5.91 Å². The molecule has 1 aromatic heterocycles. The Labute approximate surface area is 162 Å². The SMILES string of the molecule is CCc1ccc(-c2cc3n(n2)CC(C)(C)N(C2CCCCCC2)C3=O)cc1. The van der Waals surface area contributed by atoms with E-state index in [1.54, 1.807) is 0 Å². The summed E-state index contributed by atoms with van der Waals surface area (Å²) in [6.45, 7) is 7.30. The molecule has 0 unspecified atom stereocenters. The normalized spacial score (nSPS) is 20.4. The Bertz CT molecular complexity index is 811. The minimum atomic E-state index is -0.200. The molecular formula is C23H31N3O. The maximum absolute atomic E-state index is 13.5. The van der Waals surface area contributed by atoms with E-state index in [-0.39, 0.29) is 11.4 Å². The third-order valence-corrected chi connectivity index (χ3v) is 6.25. The Morgan fingerprint density at radius 3 is 2.37 bits per heavy atom. The predicted molar refractivity (Wildman–Crippen MR) is 109 cm³/mol. The molecule has 144 valence electrons. The Balaban J connectivity index is 1.66. The van der Waals surface area contributed by atoms with Crippen LogP contribution in [0.25, 0.3) is 11.3 Å². The molecular weight excluding hydrogens is 334 g/mol. The van der Waals surface area contributed by atoms with E-state index in [1.807, 2.05) is 10.7 Å². The van der Waals surface area contributed by atoms with Gasteiger partial charge < -0.3 is 4.90 Å². The smallest absolute Gasteiger partial charge is 0.272 e. The zero-order valence-electron chi connectivity index (χ0n) is 16.9. The predicted octanol–water partition coefficient (Wildman–Crippen LogP) is 5.07. The number of hydrogen-bond acceptors (Lipinski definition) is 2. The van der Waals surface area contributed by atoms with E-state index in [0.29, 0.717) is 6.04 Å². The number of hydrogen-bond donors (Lipinski definition) is 0. The number of aromatic nitrogens is 2. The summed E-state index contributed by atoms with van der Waals surface area (Å²) >= 11 is 0. The number of nitrogens with zero attached hydrogens (tertiary/aromatic N) is 3. The fourth-order valence-corrected chi connectivity index (χ4v) is 4.78. The van der Waals surface area contributed by atoms with Crippen molar-refractivity contribution in [2.24, 2.45) is 0 Å². The molecule has 0 radical (unpaired) electrons. The Morgan fingerprint density at radius 1 is 1.07 bits per heavy atom. The van der Waals surface area contributed by atoms with Crippen LogP contribution < -0.4 is 0 Å². The van der Waals surface area contributed by atoms with E-state index in [0.717, 1.165) is 42.8 Å². The first kappa shape index (κ1) is 18.3. The minimum absolute atomic E-state index is 0.155. The number of fused-ring (bicyclic) bond motifs is 1. The van der Waals surface area contributed by atoms with Crippen LogP contribution in [0.3, 0.4) is 0 Å². The van der Waals surface area contributed by atoms with Gasteiger partial charge in [-0.3, -0.25) is 9.48 Å². The summed E-state index contributed by atoms with van der Waals surface area (Å²) in [6, 6.07) is 10.9. The van der Waals surface area contributed by atoms with Crippen LogP contribution in [0.5, 0.6) is 0 Å². The van der Waals surface area contributed by atoms with Gasteiger partial charge in [0.05, 0.1) is 17.8 Å². The van der Waals surface area contributed by atoms with Gasteiger partial charge in [0.15, 0.2) is 0 Å². The molecule has 1 amide bonds. The van der Waals surface area contributed by atoms with E-state index in [2.05, 4.69) is 49.9 Å². The van der Waals surface area contributed by atoms with Gasteiger partial charge in [0.1, 0.15) is 5.69 Å². The highest BCUT2D eigenvalue weighted by Crippen LogP contribution is 2.34. The molecule has 0 N–H and O–H groups in total. The Hall–Kier alpha value is -2.10. The molecule has 1 fully saturated rings. The summed E-state index contributed by atoms with van der Waals surface area (Å²) in [7, 11) is 0. The molecule has 1 aliphatic heterocycles. The van der Waals surface area contributed by atoms with E-state index in [9.17, 15) is 4.79 Å². The average molecular weight is 366 g/mol. The van der Waals surface area contributed by atoms with Crippen molar-refractivity contribution in [3.8, 4) is 11.3 Å². The van der Waals surface area contributed by atoms with Crippen LogP contribution in [-0.4, -0.2) is 32.2 Å². The number of carbonyl (C=O) groups excluding carboxylic acids is 1. The van der Waals surface area contributed by atoms with Gasteiger partial charge in [-0.1, -0.05) is 56.9 Å². The lowest BCUT2D eigenvalue weighted by atomic mass is 9.93. The summed E-state index contributed by atoms with van der Waals surface area (Å²) in [6.07, 6.45) is 8.37. The number of aryl methyl sites for hydroxylation is 1. The third-order valence-electron chi connectivity index (χ3n) is 6.25. The van der Waals surface area contributed by atoms with E-state index in [4.69, 9.17) is 5.10 Å². The molecule has 4 nitrogen and oxygen atoms in total. The molecule has 2 aliphatic rings. The van der Waals surface area contributed by atoms with Crippen LogP contribution in [0.15, 0.2) is 30.3 Å². The van der Waals surface area contributed by atoms with Crippen molar-refractivity contribution in [1.29, 1.82) is 0 Å². The summed E-state index contributed by atoms with van der Waals surface area (Å²) in [5, 5.41) is 4.79. The van der Waals surface area contributed by atoms with Crippen LogP contribution in [0, 0.1) is 0 Å². The Morgan fingerprint density at radius 2 is 1.74 bits per heavy atom. The fraction of sp³-hybridized carbons (Fsp3) is 0.565. The average Bonchev–Trinajstić information content (AvgIpc) is 2.88. The molecule has 0 bridgehead atoms. The molecule has 27 heavy (non-hydrogen) atoms. The van der Waals surface area contributed by atoms with Crippen molar-refractivity contribution in [2.75, 3.05) is 0 Å². The zero-order chi connectivity index (χ0) is 19.0. The molecule has 2 heterocycles. The molecule has 0 saturated heterocycles. The molecule has 2 aromatic rings. The van der Waals surface area contributed by atoms with Gasteiger partial charge in [0.25, 0.3) is 5.91 Å². The maximum atomic E-state index is 13.5. The van der Waals surface area contributed by atoms with Crippen LogP contribution in [0.1, 0.15) is 75.3 Å². The van der Waals surface area contributed by atoms with Gasteiger partial charge in [-0.2, -0.15) is 5.10 Å². The van der Waals surface area contributed by atoms with Gasteiger partial charge in [0, 0.05) is 11.6 Å². The van der Waals surface area contributed by atoms with Crippen LogP contribution in [0.2, 0.25) is 0 Å². The molecule has 1 saturated carbocycles. The lowest BCUT2D eigenvalue weighted by molar-refractivity contribution is 0.0193. The number of rotatable bonds is 3. The second kappa shape index (κ2) is 7.14. The van der Waals surface area contributed by atoms with Gasteiger partial charge in [0.2, 0.25) is 0 Å². The Kier molecular flexibility index (Phi) is 4.83. The van der Waals surface area contributed by atoms with Crippen molar-refractivity contribution < 1.29 is 4.79 Å². The summed E-state index contributed by atoms with van der Waals surface area (Å²) in [4.78, 5) is 15.6. The summed E-state index contributed by atoms with van der Waals surface area (Å²) in [5.74, 6) is 0.155. The first-order valence-electron chi connectivity index (χ1n) is 10.5. The molecule has 4 heteroatoms. The van der Waals surface area contributed by atoms with Crippen LogP contribution in [-0.2, 0) is 13.0 Å². The van der Waals surface area contributed by atoms with E-state index < -0.39 is 0 Å². The lowest BCUT2D eigenvalue weighted by Crippen LogP contribution is -2.58. The van der Waals surface area contributed by atoms with Crippen LogP contribution >= 0.6 is 0 Å². The topological polar surface area (TPSA) is 38.1 Å². The first-order valence-corrected chi connectivity index (χ1v) is 10.5. The molecule has 4 rings (SSSR count). The van der Waals surface area contributed by atoms with Gasteiger partial charge in [-0.25, -0.2) is 0 Å². The van der Waals surface area contributed by atoms with Crippen LogP contribution in [0.4, 0.5) is 0 Å². The second-order valence-electron chi connectivity index (χ2n) is 8.76. The zero-order valence-corrected chi connectivity index (χ0v) is 16.9. The minimum Gasteiger partial charge on any atom is -0.327 e. The second-order valence-corrected chi connectivity index (χ2v) is 8.76. The van der Waals surface area contributed by atoms with E-state index >= 15 is 0 Å². The molecule has 1 aromatic carbocycles. The van der Waals surface area contributed by atoms with Gasteiger partial charge in [-0.15, -0.1) is 0 Å². The number of amides is 1. The molecule has 0 spiro atoms. The largest absolute Gasteiger partial charge is 0.327 e. The van der Waals surface area contributed by atoms with Crippen molar-refractivity contribution in [1.82, 2.24) is 14.7 Å².